The summed E-state index contributed by atoms with van der Waals surface area (Å²) in [5.41, 5.74) is 11.3. The molecule has 6 rings (SSSR count). The minimum Gasteiger partial charge on any atom is -0.466 e. The highest BCUT2D eigenvalue weighted by atomic mass is 16.5. The first-order valence-electron chi connectivity index (χ1n) is 18.0. The molecule has 6 aliphatic carbocycles. The van der Waals surface area contributed by atoms with Gasteiger partial charge in [-0.25, -0.2) is 0 Å². The lowest BCUT2D eigenvalue weighted by Gasteiger charge is -2.71. The predicted octanol–water partition coefficient (Wildman–Crippen LogP) is 9.51. The van der Waals surface area contributed by atoms with Gasteiger partial charge in [0.2, 0.25) is 0 Å². The van der Waals surface area contributed by atoms with E-state index in [2.05, 4.69) is 54.2 Å². The highest BCUT2D eigenvalue weighted by Gasteiger charge is 2.68. The van der Waals surface area contributed by atoms with Crippen LogP contribution < -0.4 is 5.73 Å². The molecule has 3 nitrogen and oxygen atoms in total. The van der Waals surface area contributed by atoms with Crippen molar-refractivity contribution in [3.8, 4) is 0 Å². The van der Waals surface area contributed by atoms with Crippen molar-refractivity contribution < 1.29 is 9.53 Å². The normalized spacial score (nSPS) is 49.5. The number of ether oxygens (including phenoxy) is 1. The fourth-order valence-electron chi connectivity index (χ4n) is 13.5. The van der Waals surface area contributed by atoms with Crippen LogP contribution in [-0.4, -0.2) is 18.6 Å². The van der Waals surface area contributed by atoms with Crippen molar-refractivity contribution in [3.63, 3.8) is 0 Å². The zero-order valence-corrected chi connectivity index (χ0v) is 28.3. The molecule has 0 heterocycles. The van der Waals surface area contributed by atoms with Crippen LogP contribution >= 0.6 is 0 Å². The first kappa shape index (κ1) is 30.9. The summed E-state index contributed by atoms with van der Waals surface area (Å²) in [7, 11) is 0. The number of nitrogens with two attached hydrogens (primary N) is 1. The number of fused-ring (bicyclic) bond motifs is 7. The Balaban J connectivity index is 1.25. The Kier molecular flexibility index (Phi) is 7.93. The van der Waals surface area contributed by atoms with Gasteiger partial charge in [-0.1, -0.05) is 71.3 Å². The van der Waals surface area contributed by atoms with E-state index in [9.17, 15) is 4.79 Å². The van der Waals surface area contributed by atoms with Gasteiger partial charge in [0.25, 0.3) is 0 Å². The molecule has 2 N–H and O–H groups in total. The number of carbonyl (C=O) groups excluding carboxylic acids is 1. The summed E-state index contributed by atoms with van der Waals surface area (Å²) < 4.78 is 5.43. The van der Waals surface area contributed by atoms with Crippen LogP contribution in [-0.2, 0) is 9.53 Å². The molecule has 0 aromatic carbocycles. The van der Waals surface area contributed by atoms with E-state index in [-0.39, 0.29) is 17.3 Å². The Morgan fingerprint density at radius 2 is 1.71 bits per heavy atom. The summed E-state index contributed by atoms with van der Waals surface area (Å²) >= 11 is 0. The van der Waals surface area contributed by atoms with Gasteiger partial charge in [0, 0.05) is 6.04 Å². The Hall–Kier alpha value is -1.09. The van der Waals surface area contributed by atoms with Crippen molar-refractivity contribution in [3.05, 3.63) is 23.8 Å². The number of rotatable bonds is 5. The maximum absolute atomic E-state index is 12.6. The first-order chi connectivity index (χ1) is 19.8. The fraction of sp³-hybridized carbons (Fsp3) is 0.872. The zero-order chi connectivity index (χ0) is 30.2. The lowest BCUT2D eigenvalue weighted by molar-refractivity contribution is -0.218. The van der Waals surface area contributed by atoms with Crippen molar-refractivity contribution in [2.24, 2.45) is 74.7 Å². The molecule has 42 heavy (non-hydrogen) atoms. The Morgan fingerprint density at radius 1 is 0.976 bits per heavy atom. The average Bonchev–Trinajstić information content (AvgIpc) is 3.27. The minimum absolute atomic E-state index is 0.0468. The molecule has 3 heteroatoms. The van der Waals surface area contributed by atoms with Gasteiger partial charge in [-0.15, -0.1) is 0 Å². The van der Waals surface area contributed by atoms with E-state index in [4.69, 9.17) is 10.5 Å². The van der Waals surface area contributed by atoms with E-state index in [1.807, 2.05) is 6.92 Å². The fourth-order valence-corrected chi connectivity index (χ4v) is 13.5. The third kappa shape index (κ3) is 4.47. The molecule has 5 saturated carbocycles. The van der Waals surface area contributed by atoms with E-state index in [0.717, 1.165) is 36.5 Å². The molecular weight excluding hydrogens is 514 g/mol. The minimum atomic E-state index is 0.0468. The lowest BCUT2D eigenvalue weighted by Crippen LogP contribution is -2.64. The molecule has 0 radical (unpaired) electrons. The molecule has 6 aliphatic rings. The van der Waals surface area contributed by atoms with Gasteiger partial charge in [-0.3, -0.25) is 4.79 Å². The number of hydrogen-bond donors (Lipinski definition) is 1. The van der Waals surface area contributed by atoms with Gasteiger partial charge in [0.05, 0.1) is 12.5 Å². The number of allylic oxidation sites excluding steroid dienone is 3. The molecule has 0 aromatic rings. The maximum atomic E-state index is 12.6. The van der Waals surface area contributed by atoms with E-state index in [1.165, 1.54) is 76.2 Å². The van der Waals surface area contributed by atoms with Gasteiger partial charge in [0.15, 0.2) is 0 Å². The topological polar surface area (TPSA) is 52.3 Å². The van der Waals surface area contributed by atoms with Crippen LogP contribution in [0.5, 0.6) is 0 Å². The van der Waals surface area contributed by atoms with E-state index in [1.54, 1.807) is 5.57 Å². The Bertz CT molecular complexity index is 1110. The van der Waals surface area contributed by atoms with Crippen molar-refractivity contribution in [1.29, 1.82) is 0 Å². The summed E-state index contributed by atoms with van der Waals surface area (Å²) in [5, 5.41) is 0. The van der Waals surface area contributed by atoms with E-state index in [0.29, 0.717) is 46.6 Å². The monoisotopic (exact) mass is 577 g/mol. The van der Waals surface area contributed by atoms with Crippen molar-refractivity contribution in [2.45, 2.75) is 138 Å². The SMILES string of the molecule is C=C(C)[C@@H]1CC(N)[C@H]2CC[C@]3(C)[C@H](CC[C@@H]4[C@@]5(C)CC=C(CC6CCCC(C(=O)OCC)C6)C(C)(C)[C@@H]5CC[C@]43C)[C@H]21. The van der Waals surface area contributed by atoms with Crippen LogP contribution in [0.25, 0.3) is 0 Å². The van der Waals surface area contributed by atoms with Crippen LogP contribution in [0.4, 0.5) is 0 Å². The van der Waals surface area contributed by atoms with Gasteiger partial charge in [0.1, 0.15) is 0 Å². The molecule has 12 atom stereocenters. The Labute approximate surface area is 258 Å². The third-order valence-electron chi connectivity index (χ3n) is 15.7. The number of carbonyl (C=O) groups is 1. The van der Waals surface area contributed by atoms with Crippen LogP contribution in [0.1, 0.15) is 132 Å². The van der Waals surface area contributed by atoms with Gasteiger partial charge in [-0.05, 0) is 148 Å². The van der Waals surface area contributed by atoms with Crippen molar-refractivity contribution in [1.82, 2.24) is 0 Å². The highest BCUT2D eigenvalue weighted by molar-refractivity contribution is 5.72. The predicted molar refractivity (Wildman–Crippen MR) is 174 cm³/mol. The van der Waals surface area contributed by atoms with Crippen LogP contribution in [0, 0.1) is 69.0 Å². The zero-order valence-electron chi connectivity index (χ0n) is 28.3. The van der Waals surface area contributed by atoms with E-state index >= 15 is 0 Å². The molecule has 0 saturated heterocycles. The smallest absolute Gasteiger partial charge is 0.308 e. The standard InChI is InChI=1S/C39H63NO2/c1-9-42-35(41)26-12-10-11-25(21-26)22-27-15-18-37(6)32(36(27,4)5)17-20-39(8)33(37)14-13-30-34-28(16-19-38(30,39)7)31(40)23-29(34)24(2)3/h15,25-26,28-34H,2,9-14,16-23,40H2,1,3-8H3/t25?,26?,28-,29+,30-,31?,32+,33-,34-,37+,38-,39-/m1/s1. The second kappa shape index (κ2) is 10.8. The summed E-state index contributed by atoms with van der Waals surface area (Å²) in [4.78, 5) is 12.6. The molecule has 0 spiro atoms. The lowest BCUT2D eigenvalue weighted by atomic mass is 9.33. The Morgan fingerprint density at radius 3 is 2.43 bits per heavy atom. The molecule has 3 unspecified atom stereocenters. The summed E-state index contributed by atoms with van der Waals surface area (Å²) in [6.45, 7) is 22.6. The quantitative estimate of drug-likeness (QED) is 0.261. The second-order valence-corrected chi connectivity index (χ2v) is 17.6. The summed E-state index contributed by atoms with van der Waals surface area (Å²) in [6.07, 6.45) is 19.0. The molecule has 0 aliphatic heterocycles. The van der Waals surface area contributed by atoms with Gasteiger partial charge < -0.3 is 10.5 Å². The second-order valence-electron chi connectivity index (χ2n) is 17.6. The third-order valence-corrected chi connectivity index (χ3v) is 15.7. The number of hydrogen-bond acceptors (Lipinski definition) is 3. The highest BCUT2D eigenvalue weighted by Crippen LogP contribution is 2.76. The molecule has 236 valence electrons. The average molecular weight is 578 g/mol. The maximum Gasteiger partial charge on any atom is 0.308 e. The van der Waals surface area contributed by atoms with Crippen LogP contribution in [0.15, 0.2) is 23.8 Å². The van der Waals surface area contributed by atoms with Crippen molar-refractivity contribution >= 4 is 5.97 Å². The van der Waals surface area contributed by atoms with Crippen LogP contribution in [0.2, 0.25) is 0 Å². The molecule has 0 aromatic heterocycles. The molecular formula is C39H63NO2. The first-order valence-corrected chi connectivity index (χ1v) is 18.0. The van der Waals surface area contributed by atoms with Gasteiger partial charge >= 0.3 is 5.97 Å². The van der Waals surface area contributed by atoms with E-state index < -0.39 is 0 Å². The molecule has 0 amide bonds. The largest absolute Gasteiger partial charge is 0.466 e. The number of esters is 1. The van der Waals surface area contributed by atoms with Crippen molar-refractivity contribution in [2.75, 3.05) is 6.61 Å². The molecule has 5 fully saturated rings. The van der Waals surface area contributed by atoms with Crippen LogP contribution in [0.3, 0.4) is 0 Å². The molecule has 0 bridgehead atoms. The summed E-state index contributed by atoms with van der Waals surface area (Å²) in [5.74, 6) is 5.21. The summed E-state index contributed by atoms with van der Waals surface area (Å²) in [6, 6.07) is 0.375. The van der Waals surface area contributed by atoms with Gasteiger partial charge in [-0.2, -0.15) is 0 Å².